The number of aromatic nitrogens is 2. The Balaban J connectivity index is 1.48. The first-order valence-electron chi connectivity index (χ1n) is 7.43. The minimum Gasteiger partial charge on any atom is -0.374 e. The van der Waals surface area contributed by atoms with Gasteiger partial charge >= 0.3 is 0 Å². The summed E-state index contributed by atoms with van der Waals surface area (Å²) in [5.74, 6) is 0. The molecular formula is C17H21N3O. The topological polar surface area (TPSA) is 30.3 Å². The molecule has 1 aromatic heterocycles. The van der Waals surface area contributed by atoms with Gasteiger partial charge in [0.05, 0.1) is 19.3 Å². The van der Waals surface area contributed by atoms with Crippen LogP contribution >= 0.6 is 0 Å². The van der Waals surface area contributed by atoms with Gasteiger partial charge in [0, 0.05) is 32.0 Å². The Morgan fingerprint density at radius 1 is 1.24 bits per heavy atom. The smallest absolute Gasteiger partial charge is 0.0898 e. The summed E-state index contributed by atoms with van der Waals surface area (Å²) in [5.41, 5.74) is 1.25. The SMILES string of the molecule is C(=C/c1ccccc1)/CN1CCO[C@H](Cn2cccn2)C1. The minimum absolute atomic E-state index is 0.226. The third-order valence-electron chi connectivity index (χ3n) is 3.65. The van der Waals surface area contributed by atoms with E-state index >= 15 is 0 Å². The first-order chi connectivity index (χ1) is 10.4. The third-order valence-corrected chi connectivity index (χ3v) is 3.65. The van der Waals surface area contributed by atoms with Crippen LogP contribution in [-0.2, 0) is 11.3 Å². The Morgan fingerprint density at radius 3 is 2.95 bits per heavy atom. The van der Waals surface area contributed by atoms with Gasteiger partial charge in [0.1, 0.15) is 0 Å². The van der Waals surface area contributed by atoms with Crippen molar-refractivity contribution in [2.45, 2.75) is 12.6 Å². The number of nitrogens with zero attached hydrogens (tertiary/aromatic N) is 3. The summed E-state index contributed by atoms with van der Waals surface area (Å²) in [6, 6.07) is 12.4. The number of ether oxygens (including phenoxy) is 1. The molecule has 2 aromatic rings. The molecular weight excluding hydrogens is 262 g/mol. The number of hydrogen-bond acceptors (Lipinski definition) is 3. The summed E-state index contributed by atoms with van der Waals surface area (Å²) in [5, 5.41) is 4.24. The fourth-order valence-electron chi connectivity index (χ4n) is 2.58. The van der Waals surface area contributed by atoms with Gasteiger partial charge in [-0.25, -0.2) is 0 Å². The van der Waals surface area contributed by atoms with E-state index in [9.17, 15) is 0 Å². The number of morpholine rings is 1. The second-order valence-electron chi connectivity index (χ2n) is 5.29. The van der Waals surface area contributed by atoms with Crippen LogP contribution in [0.25, 0.3) is 6.08 Å². The van der Waals surface area contributed by atoms with Crippen LogP contribution in [0.4, 0.5) is 0 Å². The molecule has 0 N–H and O–H groups in total. The molecule has 2 heterocycles. The molecule has 0 spiro atoms. The largest absolute Gasteiger partial charge is 0.374 e. The van der Waals surface area contributed by atoms with E-state index in [-0.39, 0.29) is 6.10 Å². The van der Waals surface area contributed by atoms with Gasteiger partial charge in [0.2, 0.25) is 0 Å². The molecule has 0 aliphatic carbocycles. The van der Waals surface area contributed by atoms with Crippen LogP contribution in [0.2, 0.25) is 0 Å². The van der Waals surface area contributed by atoms with Gasteiger partial charge in [0.15, 0.2) is 0 Å². The van der Waals surface area contributed by atoms with Crippen molar-refractivity contribution in [2.75, 3.05) is 26.2 Å². The fourth-order valence-corrected chi connectivity index (χ4v) is 2.58. The van der Waals surface area contributed by atoms with Crippen LogP contribution in [0.15, 0.2) is 54.9 Å². The van der Waals surface area contributed by atoms with Crippen molar-refractivity contribution < 1.29 is 4.74 Å². The molecule has 110 valence electrons. The van der Waals surface area contributed by atoms with Crippen LogP contribution in [-0.4, -0.2) is 47.0 Å². The van der Waals surface area contributed by atoms with Crippen molar-refractivity contribution in [3.63, 3.8) is 0 Å². The zero-order chi connectivity index (χ0) is 14.3. The maximum atomic E-state index is 5.82. The van der Waals surface area contributed by atoms with Crippen molar-refractivity contribution in [2.24, 2.45) is 0 Å². The standard InChI is InChI=1S/C17H21N3O/c1-2-6-16(7-3-1)8-4-10-19-12-13-21-17(14-19)15-20-11-5-9-18-20/h1-9,11,17H,10,12-15H2/b8-4-/t17-/m0/s1. The highest BCUT2D eigenvalue weighted by Gasteiger charge is 2.19. The lowest BCUT2D eigenvalue weighted by molar-refractivity contribution is -0.0337. The third kappa shape index (κ3) is 4.28. The first-order valence-corrected chi connectivity index (χ1v) is 7.43. The highest BCUT2D eigenvalue weighted by molar-refractivity contribution is 5.48. The normalized spacial score (nSPS) is 20.1. The van der Waals surface area contributed by atoms with Gasteiger partial charge < -0.3 is 4.74 Å². The summed E-state index contributed by atoms with van der Waals surface area (Å²) in [6.07, 6.45) is 8.42. The summed E-state index contributed by atoms with van der Waals surface area (Å²) < 4.78 is 7.76. The lowest BCUT2D eigenvalue weighted by atomic mass is 10.2. The molecule has 4 heteroatoms. The monoisotopic (exact) mass is 283 g/mol. The molecule has 4 nitrogen and oxygen atoms in total. The molecule has 1 saturated heterocycles. The van der Waals surface area contributed by atoms with Gasteiger partial charge in [-0.05, 0) is 11.6 Å². The highest BCUT2D eigenvalue weighted by atomic mass is 16.5. The molecule has 1 fully saturated rings. The van der Waals surface area contributed by atoms with Crippen molar-refractivity contribution >= 4 is 6.08 Å². The summed E-state index contributed by atoms with van der Waals surface area (Å²) in [6.45, 7) is 4.54. The fraction of sp³-hybridized carbons (Fsp3) is 0.353. The van der Waals surface area contributed by atoms with Crippen molar-refractivity contribution in [1.82, 2.24) is 14.7 Å². The Hall–Kier alpha value is -1.91. The molecule has 1 atom stereocenters. The summed E-state index contributed by atoms with van der Waals surface area (Å²) in [4.78, 5) is 2.43. The second kappa shape index (κ2) is 7.20. The van der Waals surface area contributed by atoms with Gasteiger partial charge in [-0.3, -0.25) is 9.58 Å². The predicted molar refractivity (Wildman–Crippen MR) is 83.9 cm³/mol. The maximum absolute atomic E-state index is 5.82. The number of benzene rings is 1. The van der Waals surface area contributed by atoms with Crippen LogP contribution in [0.1, 0.15) is 5.56 Å². The molecule has 0 amide bonds. The van der Waals surface area contributed by atoms with Crippen LogP contribution in [0.3, 0.4) is 0 Å². The Labute approximate surface area is 125 Å². The molecule has 0 bridgehead atoms. The van der Waals surface area contributed by atoms with Gasteiger partial charge in [-0.2, -0.15) is 5.10 Å². The lowest BCUT2D eigenvalue weighted by Crippen LogP contribution is -2.44. The lowest BCUT2D eigenvalue weighted by Gasteiger charge is -2.32. The maximum Gasteiger partial charge on any atom is 0.0898 e. The zero-order valence-electron chi connectivity index (χ0n) is 12.1. The first kappa shape index (κ1) is 14.0. The number of rotatable bonds is 5. The van der Waals surface area contributed by atoms with Crippen LogP contribution < -0.4 is 0 Å². The van der Waals surface area contributed by atoms with Gasteiger partial charge in [-0.1, -0.05) is 42.5 Å². The summed E-state index contributed by atoms with van der Waals surface area (Å²) in [7, 11) is 0. The number of hydrogen-bond donors (Lipinski definition) is 0. The molecule has 3 rings (SSSR count). The molecule has 21 heavy (non-hydrogen) atoms. The van der Waals surface area contributed by atoms with Gasteiger partial charge in [0.25, 0.3) is 0 Å². The quantitative estimate of drug-likeness (QED) is 0.843. The van der Waals surface area contributed by atoms with Gasteiger partial charge in [-0.15, -0.1) is 0 Å². The van der Waals surface area contributed by atoms with E-state index < -0.39 is 0 Å². The van der Waals surface area contributed by atoms with E-state index in [0.717, 1.165) is 32.8 Å². The molecule has 0 radical (unpaired) electrons. The van der Waals surface area contributed by atoms with E-state index in [0.29, 0.717) is 0 Å². The average Bonchev–Trinajstić information content (AvgIpc) is 3.02. The molecule has 1 aliphatic heterocycles. The van der Waals surface area contributed by atoms with E-state index in [1.54, 1.807) is 0 Å². The Bertz CT molecular complexity index is 551. The summed E-state index contributed by atoms with van der Waals surface area (Å²) >= 11 is 0. The Kier molecular flexibility index (Phi) is 4.82. The van der Waals surface area contributed by atoms with E-state index in [1.807, 2.05) is 29.2 Å². The highest BCUT2D eigenvalue weighted by Crippen LogP contribution is 2.08. The van der Waals surface area contributed by atoms with Crippen molar-refractivity contribution in [3.8, 4) is 0 Å². The Morgan fingerprint density at radius 2 is 2.14 bits per heavy atom. The second-order valence-corrected chi connectivity index (χ2v) is 5.29. The molecule has 1 aromatic carbocycles. The van der Waals surface area contributed by atoms with Crippen LogP contribution in [0, 0.1) is 0 Å². The molecule has 1 aliphatic rings. The van der Waals surface area contributed by atoms with E-state index in [2.05, 4.69) is 46.4 Å². The molecule has 0 unspecified atom stereocenters. The van der Waals surface area contributed by atoms with Crippen LogP contribution in [0.5, 0.6) is 0 Å². The van der Waals surface area contributed by atoms with E-state index in [1.165, 1.54) is 5.56 Å². The van der Waals surface area contributed by atoms with E-state index in [4.69, 9.17) is 4.74 Å². The predicted octanol–water partition coefficient (Wildman–Crippen LogP) is 2.30. The zero-order valence-corrected chi connectivity index (χ0v) is 12.1. The van der Waals surface area contributed by atoms with Crippen molar-refractivity contribution in [1.29, 1.82) is 0 Å². The molecule has 0 saturated carbocycles. The average molecular weight is 283 g/mol. The minimum atomic E-state index is 0.226. The van der Waals surface area contributed by atoms with Crippen molar-refractivity contribution in [3.05, 3.63) is 60.4 Å².